The van der Waals surface area contributed by atoms with Gasteiger partial charge in [0, 0.05) is 30.1 Å². The van der Waals surface area contributed by atoms with Crippen molar-refractivity contribution in [3.8, 4) is 11.5 Å². The Labute approximate surface area is 173 Å². The average molecular weight is 402 g/mol. The number of aryl methyl sites for hydroxylation is 1. The van der Waals surface area contributed by atoms with Gasteiger partial charge in [-0.3, -0.25) is 4.79 Å². The summed E-state index contributed by atoms with van der Waals surface area (Å²) in [6.45, 7) is 1.82. The fourth-order valence-electron chi connectivity index (χ4n) is 4.13. The van der Waals surface area contributed by atoms with Crippen LogP contribution in [-0.2, 0) is 0 Å². The second kappa shape index (κ2) is 7.40. The van der Waals surface area contributed by atoms with E-state index < -0.39 is 0 Å². The Hall–Kier alpha value is -3.48. The summed E-state index contributed by atoms with van der Waals surface area (Å²) in [6, 6.07) is 15.2. The van der Waals surface area contributed by atoms with Gasteiger partial charge in [0.2, 0.25) is 11.8 Å². The zero-order valence-electron chi connectivity index (χ0n) is 16.9. The number of carbonyl (C=O) groups is 1. The number of carbonyl (C=O) groups excluding carboxylic acids is 1. The fraction of sp³-hybridized carbons (Fsp3) is 0.304. The van der Waals surface area contributed by atoms with Crippen LogP contribution in [0.1, 0.15) is 47.3 Å². The first-order valence-electron chi connectivity index (χ1n) is 10.1. The second-order valence-corrected chi connectivity index (χ2v) is 7.82. The van der Waals surface area contributed by atoms with Gasteiger partial charge in [-0.15, -0.1) is 0 Å². The van der Waals surface area contributed by atoms with E-state index in [2.05, 4.69) is 15.1 Å². The van der Waals surface area contributed by atoms with Crippen molar-refractivity contribution in [2.24, 2.45) is 0 Å². The van der Waals surface area contributed by atoms with Crippen molar-refractivity contribution in [1.82, 2.24) is 20.0 Å². The van der Waals surface area contributed by atoms with Crippen LogP contribution in [-0.4, -0.2) is 39.0 Å². The molecule has 152 valence electrons. The summed E-state index contributed by atoms with van der Waals surface area (Å²) in [7, 11) is 1.86. The van der Waals surface area contributed by atoms with E-state index in [0.717, 1.165) is 35.9 Å². The fourth-order valence-corrected chi connectivity index (χ4v) is 4.13. The lowest BCUT2D eigenvalue weighted by Gasteiger charge is -2.24. The zero-order chi connectivity index (χ0) is 20.7. The highest BCUT2D eigenvalue weighted by Gasteiger charge is 2.33. The lowest BCUT2D eigenvalue weighted by atomic mass is 10.1. The van der Waals surface area contributed by atoms with E-state index in [1.165, 1.54) is 0 Å². The molecule has 5 rings (SSSR count). The predicted molar refractivity (Wildman–Crippen MR) is 111 cm³/mol. The molecular weight excluding hydrogens is 380 g/mol. The summed E-state index contributed by atoms with van der Waals surface area (Å²) in [5.74, 6) is 2.10. The minimum atomic E-state index is 0.00600. The molecule has 2 aromatic carbocycles. The maximum absolute atomic E-state index is 13.0. The Morgan fingerprint density at radius 3 is 2.60 bits per heavy atom. The van der Waals surface area contributed by atoms with Crippen LogP contribution in [0.5, 0.6) is 0 Å². The maximum atomic E-state index is 13.0. The SMILES string of the molecule is Cc1noc(C2CCC(N(C)C(=O)c3ccc(-c4nc5ccccc5o4)cc3)C2)n1. The Balaban J connectivity index is 1.29. The summed E-state index contributed by atoms with van der Waals surface area (Å²) in [5, 5.41) is 3.88. The first-order valence-corrected chi connectivity index (χ1v) is 10.1. The van der Waals surface area contributed by atoms with Crippen LogP contribution < -0.4 is 0 Å². The number of hydrogen-bond acceptors (Lipinski definition) is 6. The number of amides is 1. The van der Waals surface area contributed by atoms with E-state index in [9.17, 15) is 4.79 Å². The molecule has 0 aliphatic heterocycles. The van der Waals surface area contributed by atoms with Gasteiger partial charge in [-0.05, 0) is 62.6 Å². The van der Waals surface area contributed by atoms with Gasteiger partial charge in [0.25, 0.3) is 5.91 Å². The van der Waals surface area contributed by atoms with E-state index in [-0.39, 0.29) is 17.9 Å². The molecule has 0 spiro atoms. The normalized spacial score (nSPS) is 18.7. The number of para-hydroxylation sites is 2. The molecule has 0 bridgehead atoms. The highest BCUT2D eigenvalue weighted by atomic mass is 16.5. The number of oxazole rings is 1. The number of fused-ring (bicyclic) bond motifs is 1. The number of hydrogen-bond donors (Lipinski definition) is 0. The lowest BCUT2D eigenvalue weighted by molar-refractivity contribution is 0.0733. The van der Waals surface area contributed by atoms with Gasteiger partial charge in [0.05, 0.1) is 0 Å². The summed E-state index contributed by atoms with van der Waals surface area (Å²) >= 11 is 0. The molecule has 0 saturated heterocycles. The highest BCUT2D eigenvalue weighted by molar-refractivity contribution is 5.94. The molecule has 7 nitrogen and oxygen atoms in total. The third-order valence-corrected chi connectivity index (χ3v) is 5.84. The summed E-state index contributed by atoms with van der Waals surface area (Å²) in [5.41, 5.74) is 3.06. The molecule has 2 aromatic heterocycles. The van der Waals surface area contributed by atoms with E-state index in [4.69, 9.17) is 8.94 Å². The van der Waals surface area contributed by atoms with Gasteiger partial charge < -0.3 is 13.8 Å². The van der Waals surface area contributed by atoms with Crippen molar-refractivity contribution in [1.29, 1.82) is 0 Å². The van der Waals surface area contributed by atoms with Crippen LogP contribution in [0.15, 0.2) is 57.5 Å². The molecule has 2 unspecified atom stereocenters. The van der Waals surface area contributed by atoms with Crippen molar-refractivity contribution >= 4 is 17.0 Å². The first-order chi connectivity index (χ1) is 14.6. The molecule has 0 N–H and O–H groups in total. The van der Waals surface area contributed by atoms with Gasteiger partial charge in [0.1, 0.15) is 5.52 Å². The smallest absolute Gasteiger partial charge is 0.253 e. The van der Waals surface area contributed by atoms with Gasteiger partial charge in [-0.1, -0.05) is 17.3 Å². The van der Waals surface area contributed by atoms with Gasteiger partial charge in [-0.25, -0.2) is 4.98 Å². The topological polar surface area (TPSA) is 85.3 Å². The van der Waals surface area contributed by atoms with Crippen LogP contribution in [0, 0.1) is 6.92 Å². The van der Waals surface area contributed by atoms with Crippen LogP contribution in [0.3, 0.4) is 0 Å². The number of benzene rings is 2. The molecule has 1 aliphatic carbocycles. The van der Waals surface area contributed by atoms with E-state index >= 15 is 0 Å². The van der Waals surface area contributed by atoms with Gasteiger partial charge >= 0.3 is 0 Å². The molecule has 2 heterocycles. The van der Waals surface area contributed by atoms with Crippen molar-refractivity contribution in [3.05, 3.63) is 65.8 Å². The van der Waals surface area contributed by atoms with Crippen LogP contribution >= 0.6 is 0 Å². The first kappa shape index (κ1) is 18.5. The highest BCUT2D eigenvalue weighted by Crippen LogP contribution is 2.36. The summed E-state index contributed by atoms with van der Waals surface area (Å²) in [6.07, 6.45) is 2.71. The molecule has 1 fully saturated rings. The summed E-state index contributed by atoms with van der Waals surface area (Å²) < 4.78 is 11.1. The van der Waals surface area contributed by atoms with Crippen LogP contribution in [0.25, 0.3) is 22.6 Å². The van der Waals surface area contributed by atoms with E-state index in [1.807, 2.05) is 67.4 Å². The third kappa shape index (κ3) is 3.36. The standard InChI is InChI=1S/C23H22N4O3/c1-14-24-22(30-26-14)17-11-12-18(13-17)27(2)23(28)16-9-7-15(8-10-16)21-25-19-5-3-4-6-20(19)29-21/h3-10,17-18H,11-13H2,1-2H3. The predicted octanol–water partition coefficient (Wildman–Crippen LogP) is 4.59. The number of rotatable bonds is 4. The quantitative estimate of drug-likeness (QED) is 0.496. The third-order valence-electron chi connectivity index (χ3n) is 5.84. The second-order valence-electron chi connectivity index (χ2n) is 7.82. The van der Waals surface area contributed by atoms with E-state index in [1.54, 1.807) is 0 Å². The summed E-state index contributed by atoms with van der Waals surface area (Å²) in [4.78, 5) is 23.7. The monoisotopic (exact) mass is 402 g/mol. The molecule has 7 heteroatoms. The van der Waals surface area contributed by atoms with Crippen LogP contribution in [0.4, 0.5) is 0 Å². The molecule has 1 saturated carbocycles. The molecule has 30 heavy (non-hydrogen) atoms. The van der Waals surface area contributed by atoms with Gasteiger partial charge in [0.15, 0.2) is 11.4 Å². The molecule has 4 aromatic rings. The van der Waals surface area contributed by atoms with Crippen LogP contribution in [0.2, 0.25) is 0 Å². The number of aromatic nitrogens is 3. The Kier molecular flexibility index (Phi) is 4.58. The Morgan fingerprint density at radius 1 is 1.07 bits per heavy atom. The lowest BCUT2D eigenvalue weighted by Crippen LogP contribution is -2.35. The van der Waals surface area contributed by atoms with Crippen molar-refractivity contribution in [3.63, 3.8) is 0 Å². The molecule has 0 radical (unpaired) electrons. The largest absolute Gasteiger partial charge is 0.436 e. The molecule has 1 amide bonds. The van der Waals surface area contributed by atoms with E-state index in [0.29, 0.717) is 23.2 Å². The molecular formula is C23H22N4O3. The minimum Gasteiger partial charge on any atom is -0.436 e. The van der Waals surface area contributed by atoms with Crippen molar-refractivity contribution in [2.45, 2.75) is 38.1 Å². The average Bonchev–Trinajstić information content (AvgIpc) is 3.51. The Bertz CT molecular complexity index is 1160. The Morgan fingerprint density at radius 2 is 1.87 bits per heavy atom. The minimum absolute atomic E-state index is 0.00600. The maximum Gasteiger partial charge on any atom is 0.253 e. The van der Waals surface area contributed by atoms with Gasteiger partial charge in [-0.2, -0.15) is 4.98 Å². The zero-order valence-corrected chi connectivity index (χ0v) is 16.9. The molecule has 1 aliphatic rings. The number of nitrogens with zero attached hydrogens (tertiary/aromatic N) is 4. The van der Waals surface area contributed by atoms with Crippen molar-refractivity contribution < 1.29 is 13.7 Å². The van der Waals surface area contributed by atoms with Crippen molar-refractivity contribution in [2.75, 3.05) is 7.05 Å². The molecule has 2 atom stereocenters.